The van der Waals surface area contributed by atoms with Gasteiger partial charge < -0.3 is 9.30 Å². The zero-order valence-electron chi connectivity index (χ0n) is 5.56. The van der Waals surface area contributed by atoms with Crippen LogP contribution >= 0.6 is 0 Å². The molecule has 0 amide bonds. The van der Waals surface area contributed by atoms with E-state index >= 15 is 0 Å². The van der Waals surface area contributed by atoms with E-state index in [0.29, 0.717) is 6.73 Å². The van der Waals surface area contributed by atoms with Crippen molar-refractivity contribution in [2.45, 2.75) is 6.73 Å². The fourth-order valence-corrected chi connectivity index (χ4v) is 1.26. The van der Waals surface area contributed by atoms with Crippen molar-refractivity contribution in [2.24, 2.45) is 15.4 Å². The van der Waals surface area contributed by atoms with Gasteiger partial charge in [-0.25, -0.2) is 0 Å². The predicted molar refractivity (Wildman–Crippen MR) is 35.3 cm³/mol. The lowest BCUT2D eigenvalue weighted by Crippen LogP contribution is -2.24. The van der Waals surface area contributed by atoms with Crippen molar-refractivity contribution in [1.29, 1.82) is 0 Å². The van der Waals surface area contributed by atoms with Gasteiger partial charge in [-0.15, -0.1) is 10.2 Å². The van der Waals surface area contributed by atoms with Crippen LogP contribution in [0.3, 0.4) is 0 Å². The van der Waals surface area contributed by atoms with Gasteiger partial charge in [0.05, 0.1) is 0 Å². The van der Waals surface area contributed by atoms with Crippen LogP contribution in [-0.2, 0) is 11.5 Å². The lowest BCUT2D eigenvalue weighted by Gasteiger charge is -1.90. The molecule has 0 saturated carbocycles. The summed E-state index contributed by atoms with van der Waals surface area (Å²) in [7, 11) is 0. The molecule has 0 unspecified atom stereocenters. The summed E-state index contributed by atoms with van der Waals surface area (Å²) in [6.45, 7) is 0.563. The molecular weight excluding hydrogens is 144 g/mol. The first-order valence-electron chi connectivity index (χ1n) is 3.25. The molecule has 0 radical (unpaired) electrons. The first-order valence-corrected chi connectivity index (χ1v) is 3.25. The Hall–Kier alpha value is -1.65. The fraction of sp³-hybridized carbons (Fsp3) is 0.167. The van der Waals surface area contributed by atoms with Gasteiger partial charge in [-0.1, -0.05) is 0 Å². The summed E-state index contributed by atoms with van der Waals surface area (Å²) < 4.78 is 7.03. The van der Waals surface area contributed by atoms with Gasteiger partial charge in [-0.05, 0) is 5.22 Å². The number of hydrogen-bond acceptors (Lipinski definition) is 4. The SMILES string of the molecule is C1=c2c3c(cn2CO1)N=NN=3. The lowest BCUT2D eigenvalue weighted by atomic mass is 10.5. The molecule has 2 aliphatic heterocycles. The van der Waals surface area contributed by atoms with Gasteiger partial charge >= 0.3 is 0 Å². The van der Waals surface area contributed by atoms with Gasteiger partial charge in [0.1, 0.15) is 22.7 Å². The van der Waals surface area contributed by atoms with E-state index in [4.69, 9.17) is 4.74 Å². The van der Waals surface area contributed by atoms with Crippen LogP contribution < -0.4 is 10.7 Å². The maximum Gasteiger partial charge on any atom is 0.164 e. The molecule has 3 rings (SSSR count). The highest BCUT2D eigenvalue weighted by Gasteiger charge is 2.12. The number of fused-ring (bicyclic) bond motifs is 3. The fourth-order valence-electron chi connectivity index (χ4n) is 1.26. The maximum atomic E-state index is 5.07. The third-order valence-electron chi connectivity index (χ3n) is 1.78. The topological polar surface area (TPSA) is 51.2 Å². The summed E-state index contributed by atoms with van der Waals surface area (Å²) in [4.78, 5) is 0. The Balaban J connectivity index is 2.56. The molecule has 0 saturated heterocycles. The standard InChI is InChI=1S/C6H4N4O/c1-4-6(8-9-7-4)5-2-11-3-10(1)5/h1-2H,3H2. The third kappa shape index (κ3) is 0.485. The highest BCUT2D eigenvalue weighted by atomic mass is 16.5. The molecule has 0 N–H and O–H groups in total. The van der Waals surface area contributed by atoms with Crippen LogP contribution in [0.1, 0.15) is 0 Å². The smallest absolute Gasteiger partial charge is 0.164 e. The second-order valence-corrected chi connectivity index (χ2v) is 2.42. The molecule has 0 aromatic carbocycles. The summed E-state index contributed by atoms with van der Waals surface area (Å²) in [5, 5.41) is 13.0. The van der Waals surface area contributed by atoms with Gasteiger partial charge in [-0.3, -0.25) is 0 Å². The molecule has 3 heterocycles. The number of rotatable bonds is 0. The number of nitrogens with zero attached hydrogens (tertiary/aromatic N) is 4. The molecule has 2 aliphatic rings. The molecule has 54 valence electrons. The summed E-state index contributed by atoms with van der Waals surface area (Å²) in [5.74, 6) is 0. The molecule has 0 spiro atoms. The minimum Gasteiger partial charge on any atom is -0.478 e. The molecule has 5 nitrogen and oxygen atoms in total. The Bertz CT molecular complexity index is 456. The molecule has 11 heavy (non-hydrogen) atoms. The molecule has 0 atom stereocenters. The van der Waals surface area contributed by atoms with Gasteiger partial charge in [0.15, 0.2) is 6.73 Å². The quantitative estimate of drug-likeness (QED) is 0.504. The highest BCUT2D eigenvalue weighted by molar-refractivity contribution is 5.37. The van der Waals surface area contributed by atoms with Gasteiger partial charge in [-0.2, -0.15) is 0 Å². The van der Waals surface area contributed by atoms with Crippen LogP contribution in [0.2, 0.25) is 0 Å². The summed E-state index contributed by atoms with van der Waals surface area (Å²) in [6, 6.07) is 0. The van der Waals surface area contributed by atoms with Crippen molar-refractivity contribution in [3.05, 3.63) is 16.9 Å². The molecular formula is C6H4N4O. The van der Waals surface area contributed by atoms with E-state index in [0.717, 1.165) is 16.4 Å². The molecule has 5 heteroatoms. The van der Waals surface area contributed by atoms with E-state index in [1.807, 2.05) is 10.8 Å². The Labute approximate surface area is 61.3 Å². The van der Waals surface area contributed by atoms with Crippen molar-refractivity contribution in [1.82, 2.24) is 4.57 Å². The van der Waals surface area contributed by atoms with E-state index in [9.17, 15) is 0 Å². The van der Waals surface area contributed by atoms with E-state index in [-0.39, 0.29) is 0 Å². The first-order chi connectivity index (χ1) is 5.45. The van der Waals surface area contributed by atoms with Crippen molar-refractivity contribution in [3.8, 4) is 0 Å². The monoisotopic (exact) mass is 148 g/mol. The highest BCUT2D eigenvalue weighted by Crippen LogP contribution is 2.09. The normalized spacial score (nSPS) is 16.7. The van der Waals surface area contributed by atoms with Crippen molar-refractivity contribution in [3.63, 3.8) is 0 Å². The van der Waals surface area contributed by atoms with Crippen LogP contribution in [-0.4, -0.2) is 4.57 Å². The van der Waals surface area contributed by atoms with E-state index < -0.39 is 0 Å². The van der Waals surface area contributed by atoms with Gasteiger partial charge in [0.2, 0.25) is 0 Å². The Kier molecular flexibility index (Phi) is 0.689. The molecule has 1 aromatic heterocycles. The zero-order valence-corrected chi connectivity index (χ0v) is 5.56. The third-order valence-corrected chi connectivity index (χ3v) is 1.78. The van der Waals surface area contributed by atoms with E-state index in [1.165, 1.54) is 0 Å². The van der Waals surface area contributed by atoms with Crippen molar-refractivity contribution < 1.29 is 4.74 Å². The second kappa shape index (κ2) is 1.50. The van der Waals surface area contributed by atoms with E-state index in [2.05, 4.69) is 15.4 Å². The minimum atomic E-state index is 0.563. The Morgan fingerprint density at radius 2 is 2.55 bits per heavy atom. The Morgan fingerprint density at radius 3 is 3.55 bits per heavy atom. The number of ether oxygens (including phenoxy) is 1. The first kappa shape index (κ1) is 5.06. The molecule has 0 aliphatic carbocycles. The zero-order chi connectivity index (χ0) is 7.26. The number of aromatic nitrogens is 1. The average Bonchev–Trinajstić information content (AvgIpc) is 2.52. The Morgan fingerprint density at radius 1 is 1.55 bits per heavy atom. The summed E-state index contributed by atoms with van der Waals surface area (Å²) >= 11 is 0. The van der Waals surface area contributed by atoms with Crippen LogP contribution in [0.15, 0.2) is 21.6 Å². The predicted octanol–water partition coefficient (Wildman–Crippen LogP) is -0.154. The average molecular weight is 148 g/mol. The molecule has 1 aromatic rings. The van der Waals surface area contributed by atoms with Crippen LogP contribution in [0.4, 0.5) is 5.69 Å². The van der Waals surface area contributed by atoms with Crippen molar-refractivity contribution >= 4 is 11.9 Å². The second-order valence-electron chi connectivity index (χ2n) is 2.42. The lowest BCUT2D eigenvalue weighted by molar-refractivity contribution is 0.237. The summed E-state index contributed by atoms with van der Waals surface area (Å²) in [5.41, 5.74) is 0.833. The van der Waals surface area contributed by atoms with E-state index in [1.54, 1.807) is 6.26 Å². The minimum absolute atomic E-state index is 0.563. The van der Waals surface area contributed by atoms with Crippen molar-refractivity contribution in [2.75, 3.05) is 0 Å². The van der Waals surface area contributed by atoms with Gasteiger partial charge in [0, 0.05) is 6.20 Å². The number of hydrogen-bond donors (Lipinski definition) is 0. The van der Waals surface area contributed by atoms with Crippen LogP contribution in [0.5, 0.6) is 0 Å². The molecule has 0 fully saturated rings. The largest absolute Gasteiger partial charge is 0.478 e. The van der Waals surface area contributed by atoms with Gasteiger partial charge in [0.25, 0.3) is 0 Å². The summed E-state index contributed by atoms with van der Waals surface area (Å²) in [6.07, 6.45) is 3.56. The molecule has 0 bridgehead atoms. The van der Waals surface area contributed by atoms with Crippen LogP contribution in [0, 0.1) is 0 Å². The maximum absolute atomic E-state index is 5.07. The van der Waals surface area contributed by atoms with Crippen LogP contribution in [0.25, 0.3) is 6.26 Å².